The van der Waals surface area contributed by atoms with Gasteiger partial charge in [-0.25, -0.2) is 9.18 Å². The van der Waals surface area contributed by atoms with E-state index in [9.17, 15) is 19.4 Å². The third-order valence-electron chi connectivity index (χ3n) is 7.45. The summed E-state index contributed by atoms with van der Waals surface area (Å²) in [6.07, 6.45) is -0.0177. The molecule has 1 heterocycles. The Bertz CT molecular complexity index is 1430. The number of aliphatic hydroxyl groups excluding tert-OH is 1. The first-order valence-corrected chi connectivity index (χ1v) is 12.9. The number of aromatic hydroxyl groups is 1. The lowest BCUT2D eigenvalue weighted by Crippen LogP contribution is -2.31. The van der Waals surface area contributed by atoms with Gasteiger partial charge in [0.25, 0.3) is 0 Å². The quantitative estimate of drug-likeness (QED) is 0.268. The molecule has 0 unspecified atom stereocenters. The van der Waals surface area contributed by atoms with Crippen molar-refractivity contribution in [2.45, 2.75) is 31.0 Å². The van der Waals surface area contributed by atoms with E-state index in [2.05, 4.69) is 0 Å². The van der Waals surface area contributed by atoms with Crippen molar-refractivity contribution in [2.75, 3.05) is 19.1 Å². The van der Waals surface area contributed by atoms with E-state index in [0.29, 0.717) is 35.4 Å². The van der Waals surface area contributed by atoms with Gasteiger partial charge in [0, 0.05) is 24.4 Å². The van der Waals surface area contributed by atoms with Crippen molar-refractivity contribution in [2.24, 2.45) is 0 Å². The van der Waals surface area contributed by atoms with Crippen molar-refractivity contribution in [3.63, 3.8) is 0 Å². The molecule has 0 saturated carbocycles. The standard InChI is InChI=1S/C32H31FN2O4/c1-34-28(18-19-29(36)23-8-12-24(33)13-9-23)31(27-17-16-26(39-2)20-30(27)37)35(32(34)38)25-14-10-22(11-15-25)21-6-4-3-5-7-21/h3-17,20,28-29,31,36-37H,18-19H2,1-2H3/t28-,29+,31-/m1/s1. The number of carbonyl (C=O) groups is 1. The van der Waals surface area contributed by atoms with Gasteiger partial charge >= 0.3 is 6.03 Å². The number of hydrogen-bond acceptors (Lipinski definition) is 4. The molecule has 2 amide bonds. The molecule has 4 aromatic rings. The number of anilines is 1. The van der Waals surface area contributed by atoms with Crippen LogP contribution < -0.4 is 9.64 Å². The van der Waals surface area contributed by atoms with Crippen LogP contribution in [0.15, 0.2) is 97.1 Å². The van der Waals surface area contributed by atoms with Crippen molar-refractivity contribution in [1.82, 2.24) is 4.90 Å². The molecule has 4 aromatic carbocycles. The largest absolute Gasteiger partial charge is 0.507 e. The zero-order valence-electron chi connectivity index (χ0n) is 21.9. The Morgan fingerprint density at radius 2 is 1.59 bits per heavy atom. The Labute approximate surface area is 227 Å². The number of nitrogens with zero attached hydrogens (tertiary/aromatic N) is 2. The lowest BCUT2D eigenvalue weighted by molar-refractivity contribution is 0.148. The molecule has 2 N–H and O–H groups in total. The van der Waals surface area contributed by atoms with Gasteiger partial charge in [-0.15, -0.1) is 0 Å². The minimum Gasteiger partial charge on any atom is -0.507 e. The smallest absolute Gasteiger partial charge is 0.325 e. The summed E-state index contributed by atoms with van der Waals surface area (Å²) < 4.78 is 18.6. The first-order chi connectivity index (χ1) is 18.9. The summed E-state index contributed by atoms with van der Waals surface area (Å²) in [4.78, 5) is 17.0. The number of hydrogen-bond donors (Lipinski definition) is 2. The summed E-state index contributed by atoms with van der Waals surface area (Å²) in [5.74, 6) is 0.171. The Morgan fingerprint density at radius 3 is 2.23 bits per heavy atom. The number of likely N-dealkylation sites (N-methyl/N-ethyl adjacent to an activating group) is 1. The molecule has 1 fully saturated rings. The van der Waals surface area contributed by atoms with Gasteiger partial charge in [-0.3, -0.25) is 4.90 Å². The fourth-order valence-electron chi connectivity index (χ4n) is 5.31. The Kier molecular flexibility index (Phi) is 7.52. The number of phenolic OH excluding ortho intramolecular Hbond substituents is 1. The number of carbonyl (C=O) groups excluding carboxylic acids is 1. The molecular formula is C32H31FN2O4. The molecule has 0 radical (unpaired) electrons. The van der Waals surface area contributed by atoms with Crippen LogP contribution in [-0.4, -0.2) is 41.3 Å². The molecule has 1 aliphatic rings. The van der Waals surface area contributed by atoms with Gasteiger partial charge in [-0.05, 0) is 65.9 Å². The molecule has 0 bridgehead atoms. The van der Waals surface area contributed by atoms with Crippen molar-refractivity contribution < 1.29 is 24.1 Å². The summed E-state index contributed by atoms with van der Waals surface area (Å²) in [6.45, 7) is 0. The predicted molar refractivity (Wildman–Crippen MR) is 149 cm³/mol. The van der Waals surface area contributed by atoms with Gasteiger partial charge in [0.15, 0.2) is 0 Å². The normalized spacial score (nSPS) is 17.9. The van der Waals surface area contributed by atoms with E-state index in [-0.39, 0.29) is 23.6 Å². The minimum atomic E-state index is -0.821. The topological polar surface area (TPSA) is 73.2 Å². The highest BCUT2D eigenvalue weighted by atomic mass is 19.1. The lowest BCUT2D eigenvalue weighted by atomic mass is 9.92. The summed E-state index contributed by atoms with van der Waals surface area (Å²) in [7, 11) is 3.27. The zero-order valence-corrected chi connectivity index (χ0v) is 21.9. The average Bonchev–Trinajstić information content (AvgIpc) is 3.21. The number of benzene rings is 4. The number of phenols is 1. The number of rotatable bonds is 8. The van der Waals surface area contributed by atoms with E-state index in [1.54, 1.807) is 47.2 Å². The van der Waals surface area contributed by atoms with Gasteiger partial charge in [0.1, 0.15) is 17.3 Å². The number of halogens is 1. The van der Waals surface area contributed by atoms with E-state index in [1.165, 1.54) is 19.2 Å². The molecule has 1 saturated heterocycles. The number of amides is 2. The van der Waals surface area contributed by atoms with Crippen LogP contribution in [-0.2, 0) is 0 Å². The van der Waals surface area contributed by atoms with Crippen LogP contribution in [0.4, 0.5) is 14.9 Å². The average molecular weight is 527 g/mol. The van der Waals surface area contributed by atoms with Gasteiger partial charge < -0.3 is 19.8 Å². The van der Waals surface area contributed by atoms with E-state index >= 15 is 0 Å². The molecular weight excluding hydrogens is 495 g/mol. The Morgan fingerprint density at radius 1 is 0.923 bits per heavy atom. The molecule has 3 atom stereocenters. The van der Waals surface area contributed by atoms with Gasteiger partial charge in [0.2, 0.25) is 0 Å². The lowest BCUT2D eigenvalue weighted by Gasteiger charge is -2.29. The number of ether oxygens (including phenoxy) is 1. The minimum absolute atomic E-state index is 0.0254. The zero-order chi connectivity index (χ0) is 27.5. The number of aliphatic hydroxyl groups is 1. The Balaban J connectivity index is 1.48. The maximum Gasteiger partial charge on any atom is 0.325 e. The molecule has 200 valence electrons. The molecule has 7 heteroatoms. The fourth-order valence-corrected chi connectivity index (χ4v) is 5.31. The molecule has 0 aliphatic carbocycles. The van der Waals surface area contributed by atoms with Crippen molar-refractivity contribution >= 4 is 11.7 Å². The maximum absolute atomic E-state index is 13.7. The monoisotopic (exact) mass is 526 g/mol. The van der Waals surface area contributed by atoms with Crippen LogP contribution in [0.3, 0.4) is 0 Å². The highest BCUT2D eigenvalue weighted by molar-refractivity contribution is 5.96. The highest BCUT2D eigenvalue weighted by Gasteiger charge is 2.46. The van der Waals surface area contributed by atoms with Crippen LogP contribution in [0.5, 0.6) is 11.5 Å². The third-order valence-corrected chi connectivity index (χ3v) is 7.45. The van der Waals surface area contributed by atoms with Crippen molar-refractivity contribution in [1.29, 1.82) is 0 Å². The number of urea groups is 1. The van der Waals surface area contributed by atoms with E-state index in [0.717, 1.165) is 11.1 Å². The van der Waals surface area contributed by atoms with Crippen LogP contribution in [0.25, 0.3) is 11.1 Å². The van der Waals surface area contributed by atoms with E-state index in [1.807, 2.05) is 54.6 Å². The third kappa shape index (κ3) is 5.31. The first-order valence-electron chi connectivity index (χ1n) is 12.9. The van der Waals surface area contributed by atoms with Gasteiger partial charge in [-0.1, -0.05) is 54.6 Å². The Hall–Kier alpha value is -4.36. The summed E-state index contributed by atoms with van der Waals surface area (Å²) in [5, 5.41) is 21.8. The molecule has 0 spiro atoms. The predicted octanol–water partition coefficient (Wildman–Crippen LogP) is 6.70. The summed E-state index contributed by atoms with van der Waals surface area (Å²) in [6, 6.07) is 27.6. The van der Waals surface area contributed by atoms with E-state index in [4.69, 9.17) is 4.74 Å². The van der Waals surface area contributed by atoms with Crippen LogP contribution in [0.2, 0.25) is 0 Å². The van der Waals surface area contributed by atoms with Crippen LogP contribution >= 0.6 is 0 Å². The SMILES string of the molecule is COc1ccc([C@@H]2[C@@H](CC[C@H](O)c3ccc(F)cc3)N(C)C(=O)N2c2ccc(-c3ccccc3)cc2)c(O)c1. The fraction of sp³-hybridized carbons (Fsp3) is 0.219. The summed E-state index contributed by atoms with van der Waals surface area (Å²) in [5.41, 5.74) is 4.00. The summed E-state index contributed by atoms with van der Waals surface area (Å²) >= 11 is 0. The molecule has 1 aliphatic heterocycles. The van der Waals surface area contributed by atoms with Gasteiger partial charge in [0.05, 0.1) is 25.3 Å². The van der Waals surface area contributed by atoms with Crippen molar-refractivity contribution in [3.05, 3.63) is 114 Å². The second-order valence-electron chi connectivity index (χ2n) is 9.76. The second-order valence-corrected chi connectivity index (χ2v) is 9.76. The molecule has 6 nitrogen and oxygen atoms in total. The van der Waals surface area contributed by atoms with Crippen molar-refractivity contribution in [3.8, 4) is 22.6 Å². The highest BCUT2D eigenvalue weighted by Crippen LogP contribution is 2.44. The first kappa shape index (κ1) is 26.3. The number of methoxy groups -OCH3 is 1. The van der Waals surface area contributed by atoms with E-state index < -0.39 is 12.1 Å². The molecule has 39 heavy (non-hydrogen) atoms. The molecule has 0 aromatic heterocycles. The van der Waals surface area contributed by atoms with Crippen LogP contribution in [0, 0.1) is 5.82 Å². The maximum atomic E-state index is 13.7. The molecule has 5 rings (SSSR count). The van der Waals surface area contributed by atoms with Gasteiger partial charge in [-0.2, -0.15) is 0 Å². The second kappa shape index (κ2) is 11.2. The van der Waals surface area contributed by atoms with Crippen LogP contribution in [0.1, 0.15) is 36.1 Å².